The van der Waals surface area contributed by atoms with Crippen molar-refractivity contribution in [2.24, 2.45) is 12.0 Å². The molecule has 2 rings (SSSR count). The highest BCUT2D eigenvalue weighted by atomic mass is 28.3. The van der Waals surface area contributed by atoms with Gasteiger partial charge in [-0.3, -0.25) is 0 Å². The summed E-state index contributed by atoms with van der Waals surface area (Å²) in [5.41, 5.74) is 3.82. The molecule has 0 N–H and O–H groups in total. The summed E-state index contributed by atoms with van der Waals surface area (Å²) in [6, 6.07) is 6.06. The third kappa shape index (κ3) is 3.36. The molecule has 0 bridgehead atoms. The van der Waals surface area contributed by atoms with E-state index in [1.807, 2.05) is 36.9 Å². The van der Waals surface area contributed by atoms with E-state index in [1.165, 1.54) is 0 Å². The molecule has 5 heteroatoms. The van der Waals surface area contributed by atoms with Crippen molar-refractivity contribution in [1.82, 2.24) is 9.55 Å². The number of hydrogen-bond acceptors (Lipinski definition) is 3. The van der Waals surface area contributed by atoms with E-state index in [2.05, 4.69) is 31.1 Å². The van der Waals surface area contributed by atoms with Gasteiger partial charge in [0.05, 0.1) is 12.0 Å². The van der Waals surface area contributed by atoms with Crippen LogP contribution in [0.1, 0.15) is 18.2 Å². The van der Waals surface area contributed by atoms with Crippen LogP contribution in [-0.2, 0) is 7.05 Å². The monoisotopic (exact) mass is 287 g/mol. The average Bonchev–Trinajstić information content (AvgIpc) is 2.79. The zero-order valence-electron chi connectivity index (χ0n) is 12.7. The van der Waals surface area contributed by atoms with E-state index in [4.69, 9.17) is 9.42 Å². The Morgan fingerprint density at radius 3 is 2.70 bits per heavy atom. The lowest BCUT2D eigenvalue weighted by Crippen LogP contribution is -2.11. The molecule has 1 heterocycles. The SMILES string of the molecule is CC(=Nc1c(C)cccc1O[SiH](C)C)c1cn(C)cn1. The Labute approximate surface area is 121 Å². The van der Waals surface area contributed by atoms with E-state index in [0.717, 1.165) is 28.4 Å². The van der Waals surface area contributed by atoms with Gasteiger partial charge in [0, 0.05) is 13.2 Å². The summed E-state index contributed by atoms with van der Waals surface area (Å²) in [6.07, 6.45) is 3.75. The molecular weight excluding hydrogens is 266 g/mol. The molecule has 1 aromatic carbocycles. The normalized spacial score (nSPS) is 12.0. The van der Waals surface area contributed by atoms with Gasteiger partial charge in [-0.05, 0) is 38.6 Å². The number of aromatic nitrogens is 2. The van der Waals surface area contributed by atoms with E-state index < -0.39 is 9.04 Å². The second-order valence-electron chi connectivity index (χ2n) is 5.21. The molecule has 0 spiro atoms. The topological polar surface area (TPSA) is 39.4 Å². The van der Waals surface area contributed by atoms with Crippen molar-refractivity contribution in [3.8, 4) is 5.75 Å². The number of hydrogen-bond donors (Lipinski definition) is 0. The van der Waals surface area contributed by atoms with Gasteiger partial charge in [-0.1, -0.05) is 12.1 Å². The van der Waals surface area contributed by atoms with E-state index >= 15 is 0 Å². The lowest BCUT2D eigenvalue weighted by molar-refractivity contribution is 0.581. The summed E-state index contributed by atoms with van der Waals surface area (Å²) in [5, 5.41) is 0. The fourth-order valence-corrected chi connectivity index (χ4v) is 2.65. The summed E-state index contributed by atoms with van der Waals surface area (Å²) in [6.45, 7) is 8.34. The van der Waals surface area contributed by atoms with Gasteiger partial charge in [-0.2, -0.15) is 0 Å². The Bertz CT molecular complexity index is 632. The van der Waals surface area contributed by atoms with E-state index in [9.17, 15) is 0 Å². The average molecular weight is 287 g/mol. The molecule has 0 aliphatic carbocycles. The maximum atomic E-state index is 5.97. The molecule has 0 amide bonds. The highest BCUT2D eigenvalue weighted by Gasteiger charge is 2.09. The van der Waals surface area contributed by atoms with Gasteiger partial charge in [0.1, 0.15) is 17.1 Å². The van der Waals surface area contributed by atoms with Gasteiger partial charge in [0.15, 0.2) is 0 Å². The van der Waals surface area contributed by atoms with Crippen molar-refractivity contribution >= 4 is 20.4 Å². The van der Waals surface area contributed by atoms with Crippen LogP contribution in [0.15, 0.2) is 35.7 Å². The quantitative estimate of drug-likeness (QED) is 0.640. The van der Waals surface area contributed by atoms with Gasteiger partial charge in [-0.25, -0.2) is 9.98 Å². The molecule has 0 unspecified atom stereocenters. The van der Waals surface area contributed by atoms with Crippen molar-refractivity contribution < 1.29 is 4.43 Å². The fraction of sp³-hybridized carbons (Fsp3) is 0.333. The minimum atomic E-state index is -1.15. The molecule has 0 radical (unpaired) electrons. The molecule has 0 saturated heterocycles. The molecule has 0 saturated carbocycles. The summed E-state index contributed by atoms with van der Waals surface area (Å²) in [7, 11) is 0.805. The van der Waals surface area contributed by atoms with Crippen LogP contribution in [0.3, 0.4) is 0 Å². The van der Waals surface area contributed by atoms with E-state index in [0.29, 0.717) is 0 Å². The molecular formula is C15H21N3OSi. The summed E-state index contributed by atoms with van der Waals surface area (Å²) in [5.74, 6) is 0.877. The van der Waals surface area contributed by atoms with Gasteiger partial charge >= 0.3 is 0 Å². The zero-order valence-corrected chi connectivity index (χ0v) is 13.9. The first-order chi connectivity index (χ1) is 9.47. The highest BCUT2D eigenvalue weighted by molar-refractivity contribution is 6.49. The molecule has 0 aliphatic rings. The fourth-order valence-electron chi connectivity index (χ4n) is 1.95. The number of para-hydroxylation sites is 1. The number of aryl methyl sites for hydroxylation is 2. The number of rotatable bonds is 4. The second-order valence-corrected chi connectivity index (χ2v) is 7.54. The molecule has 0 atom stereocenters. The van der Waals surface area contributed by atoms with E-state index in [1.54, 1.807) is 6.33 Å². The Kier molecular flexibility index (Phi) is 4.39. The molecule has 2 aromatic rings. The van der Waals surface area contributed by atoms with Crippen LogP contribution in [0.25, 0.3) is 0 Å². The number of imidazole rings is 1. The third-order valence-electron chi connectivity index (χ3n) is 2.92. The summed E-state index contributed by atoms with van der Waals surface area (Å²) in [4.78, 5) is 9.07. The Hall–Kier alpha value is -1.88. The van der Waals surface area contributed by atoms with Gasteiger partial charge in [0.2, 0.25) is 9.04 Å². The molecule has 106 valence electrons. The predicted molar refractivity (Wildman–Crippen MR) is 85.8 cm³/mol. The Balaban J connectivity index is 2.41. The summed E-state index contributed by atoms with van der Waals surface area (Å²) >= 11 is 0. The van der Waals surface area contributed by atoms with Crippen molar-refractivity contribution in [2.75, 3.05) is 0 Å². The molecule has 0 aliphatic heterocycles. The van der Waals surface area contributed by atoms with Crippen LogP contribution in [0, 0.1) is 6.92 Å². The highest BCUT2D eigenvalue weighted by Crippen LogP contribution is 2.32. The molecule has 20 heavy (non-hydrogen) atoms. The van der Waals surface area contributed by atoms with Crippen LogP contribution in [0.2, 0.25) is 13.1 Å². The minimum Gasteiger partial charge on any atom is -0.546 e. The van der Waals surface area contributed by atoms with Crippen LogP contribution >= 0.6 is 0 Å². The maximum absolute atomic E-state index is 5.97. The molecule has 1 aromatic heterocycles. The van der Waals surface area contributed by atoms with Crippen LogP contribution < -0.4 is 4.43 Å². The first kappa shape index (κ1) is 14.5. The number of aliphatic imine (C=N–C) groups is 1. The van der Waals surface area contributed by atoms with Crippen molar-refractivity contribution in [3.63, 3.8) is 0 Å². The smallest absolute Gasteiger partial charge is 0.229 e. The lowest BCUT2D eigenvalue weighted by atomic mass is 10.2. The van der Waals surface area contributed by atoms with Gasteiger partial charge in [-0.15, -0.1) is 0 Å². The van der Waals surface area contributed by atoms with Crippen molar-refractivity contribution in [2.45, 2.75) is 26.9 Å². The summed E-state index contributed by atoms with van der Waals surface area (Å²) < 4.78 is 7.90. The standard InChI is InChI=1S/C15H21N3OSi/c1-11-7-6-8-14(19-20(4)5)15(11)17-12(2)13-9-18(3)10-16-13/h6-10,20H,1-5H3. The van der Waals surface area contributed by atoms with Crippen LogP contribution in [-0.4, -0.2) is 24.3 Å². The van der Waals surface area contributed by atoms with Crippen LogP contribution in [0.5, 0.6) is 5.75 Å². The van der Waals surface area contributed by atoms with Gasteiger partial charge < -0.3 is 8.99 Å². The van der Waals surface area contributed by atoms with E-state index in [-0.39, 0.29) is 0 Å². The first-order valence-electron chi connectivity index (χ1n) is 6.77. The predicted octanol–water partition coefficient (Wildman–Crippen LogP) is 3.23. The molecule has 0 fully saturated rings. The molecule has 4 nitrogen and oxygen atoms in total. The maximum Gasteiger partial charge on any atom is 0.229 e. The second kappa shape index (κ2) is 6.05. The lowest BCUT2D eigenvalue weighted by Gasteiger charge is -2.13. The van der Waals surface area contributed by atoms with Crippen molar-refractivity contribution in [1.29, 1.82) is 0 Å². The van der Waals surface area contributed by atoms with Crippen molar-refractivity contribution in [3.05, 3.63) is 42.0 Å². The number of nitrogens with zero attached hydrogens (tertiary/aromatic N) is 3. The Morgan fingerprint density at radius 1 is 1.35 bits per heavy atom. The Morgan fingerprint density at radius 2 is 2.10 bits per heavy atom. The largest absolute Gasteiger partial charge is 0.546 e. The third-order valence-corrected chi connectivity index (χ3v) is 3.64. The first-order valence-corrected chi connectivity index (χ1v) is 9.55. The van der Waals surface area contributed by atoms with Gasteiger partial charge in [0.25, 0.3) is 0 Å². The number of benzene rings is 1. The minimum absolute atomic E-state index is 0.877. The zero-order chi connectivity index (χ0) is 14.7. The van der Waals surface area contributed by atoms with Crippen LogP contribution in [0.4, 0.5) is 5.69 Å².